The van der Waals surface area contributed by atoms with E-state index in [0.717, 1.165) is 51.5 Å². The molecule has 0 aromatic carbocycles. The number of hydrogen-bond donors (Lipinski definition) is 1. The number of guanidine groups is 1. The van der Waals surface area contributed by atoms with Gasteiger partial charge in [-0.3, -0.25) is 9.67 Å². The molecule has 1 rings (SSSR count). The van der Waals surface area contributed by atoms with Crippen molar-refractivity contribution >= 4 is 5.96 Å². The summed E-state index contributed by atoms with van der Waals surface area (Å²) in [4.78, 5) is 6.93. The summed E-state index contributed by atoms with van der Waals surface area (Å²) < 4.78 is 6.98. The molecular formula is C18H35N5O. The highest BCUT2D eigenvalue weighted by Crippen LogP contribution is 2.18. The first-order valence-corrected chi connectivity index (χ1v) is 9.00. The summed E-state index contributed by atoms with van der Waals surface area (Å²) in [6, 6.07) is 0. The first-order valence-electron chi connectivity index (χ1n) is 9.00. The number of nitrogens with one attached hydrogen (secondary N) is 1. The van der Waals surface area contributed by atoms with Crippen molar-refractivity contribution in [2.75, 3.05) is 33.9 Å². The molecule has 0 atom stereocenters. The van der Waals surface area contributed by atoms with Crippen molar-refractivity contribution in [1.82, 2.24) is 20.0 Å². The van der Waals surface area contributed by atoms with Gasteiger partial charge in [0.1, 0.15) is 0 Å². The van der Waals surface area contributed by atoms with Crippen LogP contribution < -0.4 is 5.32 Å². The Balaban J connectivity index is 2.64. The fraction of sp³-hybridized carbons (Fsp3) is 0.778. The molecule has 0 bridgehead atoms. The third-order valence-corrected chi connectivity index (χ3v) is 3.86. The second-order valence-corrected chi connectivity index (χ2v) is 6.51. The number of aliphatic imine (C=N–C) groups is 1. The van der Waals surface area contributed by atoms with Crippen LogP contribution in [0.15, 0.2) is 11.2 Å². The molecule has 0 aliphatic carbocycles. The molecular weight excluding hydrogens is 302 g/mol. The van der Waals surface area contributed by atoms with Crippen LogP contribution in [-0.4, -0.2) is 54.5 Å². The van der Waals surface area contributed by atoms with E-state index in [1.807, 2.05) is 11.7 Å². The summed E-state index contributed by atoms with van der Waals surface area (Å²) in [5, 5.41) is 7.97. The second kappa shape index (κ2) is 11.1. The summed E-state index contributed by atoms with van der Waals surface area (Å²) in [7, 11) is 5.82. The summed E-state index contributed by atoms with van der Waals surface area (Å²) in [5.74, 6) is 1.39. The maximum atomic E-state index is 5.08. The van der Waals surface area contributed by atoms with Gasteiger partial charge in [0, 0.05) is 59.2 Å². The second-order valence-electron chi connectivity index (χ2n) is 6.51. The molecule has 0 saturated carbocycles. The molecule has 0 aliphatic rings. The lowest BCUT2D eigenvalue weighted by molar-refractivity contribution is 0.192. The van der Waals surface area contributed by atoms with Crippen LogP contribution in [0, 0.1) is 0 Å². The molecule has 24 heavy (non-hydrogen) atoms. The molecule has 6 heteroatoms. The lowest BCUT2D eigenvalue weighted by Crippen LogP contribution is -2.38. The molecule has 0 saturated heterocycles. The van der Waals surface area contributed by atoms with Crippen molar-refractivity contribution in [2.24, 2.45) is 12.0 Å². The van der Waals surface area contributed by atoms with Crippen molar-refractivity contribution in [1.29, 1.82) is 0 Å². The number of aromatic nitrogens is 2. The van der Waals surface area contributed by atoms with Gasteiger partial charge in [-0.15, -0.1) is 0 Å². The number of unbranched alkanes of at least 4 members (excludes halogenated alkanes) is 2. The summed E-state index contributed by atoms with van der Waals surface area (Å²) >= 11 is 0. The van der Waals surface area contributed by atoms with Crippen LogP contribution in [0.4, 0.5) is 0 Å². The Bertz CT molecular complexity index is 496. The van der Waals surface area contributed by atoms with Crippen molar-refractivity contribution in [2.45, 2.75) is 52.5 Å². The van der Waals surface area contributed by atoms with Gasteiger partial charge >= 0.3 is 0 Å². The fourth-order valence-corrected chi connectivity index (χ4v) is 2.68. The Morgan fingerprint density at radius 2 is 2.12 bits per heavy atom. The molecule has 138 valence electrons. The van der Waals surface area contributed by atoms with Crippen LogP contribution in [0.3, 0.4) is 0 Å². The summed E-state index contributed by atoms with van der Waals surface area (Å²) in [5.41, 5.74) is 2.43. The van der Waals surface area contributed by atoms with Gasteiger partial charge in [0.2, 0.25) is 0 Å². The molecule has 0 amide bonds. The number of rotatable bonds is 10. The predicted octanol–water partition coefficient (Wildman–Crippen LogP) is 2.76. The van der Waals surface area contributed by atoms with Crippen LogP contribution in [0.1, 0.15) is 57.2 Å². The van der Waals surface area contributed by atoms with E-state index in [1.54, 1.807) is 7.11 Å². The number of aryl methyl sites for hydroxylation is 1. The van der Waals surface area contributed by atoms with Gasteiger partial charge in [-0.25, -0.2) is 0 Å². The molecule has 0 radical (unpaired) electrons. The Morgan fingerprint density at radius 3 is 2.75 bits per heavy atom. The monoisotopic (exact) mass is 337 g/mol. The number of nitrogens with zero attached hydrogens (tertiary/aromatic N) is 4. The van der Waals surface area contributed by atoms with Crippen LogP contribution in [0.5, 0.6) is 0 Å². The average Bonchev–Trinajstić information content (AvgIpc) is 2.90. The molecule has 0 unspecified atom stereocenters. The summed E-state index contributed by atoms with van der Waals surface area (Å²) in [6.07, 6.45) is 5.46. The minimum absolute atomic E-state index is 0.426. The Hall–Kier alpha value is -1.56. The van der Waals surface area contributed by atoms with E-state index >= 15 is 0 Å². The molecule has 1 N–H and O–H groups in total. The largest absolute Gasteiger partial charge is 0.385 e. The zero-order valence-electron chi connectivity index (χ0n) is 16.3. The highest BCUT2D eigenvalue weighted by Gasteiger charge is 2.14. The molecule has 0 aliphatic heterocycles. The lowest BCUT2D eigenvalue weighted by Gasteiger charge is -2.22. The molecule has 6 nitrogen and oxygen atoms in total. The van der Waals surface area contributed by atoms with Gasteiger partial charge in [-0.1, -0.05) is 13.8 Å². The van der Waals surface area contributed by atoms with Gasteiger partial charge in [-0.2, -0.15) is 5.10 Å². The van der Waals surface area contributed by atoms with Gasteiger partial charge in [0.05, 0.1) is 5.69 Å². The maximum Gasteiger partial charge on any atom is 0.193 e. The number of hydrogen-bond acceptors (Lipinski definition) is 3. The van der Waals surface area contributed by atoms with E-state index in [1.165, 1.54) is 11.3 Å². The zero-order chi connectivity index (χ0) is 17.9. The minimum Gasteiger partial charge on any atom is -0.385 e. The van der Waals surface area contributed by atoms with Crippen molar-refractivity contribution < 1.29 is 4.74 Å². The van der Waals surface area contributed by atoms with Gasteiger partial charge < -0.3 is 15.0 Å². The number of methoxy groups -OCH3 is 1. The van der Waals surface area contributed by atoms with Gasteiger partial charge in [0.25, 0.3) is 0 Å². The quantitative estimate of drug-likeness (QED) is 0.405. The number of ether oxygens (including phenoxy) is 1. The van der Waals surface area contributed by atoms with Gasteiger partial charge in [-0.05, 0) is 32.1 Å². The van der Waals surface area contributed by atoms with Crippen LogP contribution >= 0.6 is 0 Å². The van der Waals surface area contributed by atoms with E-state index < -0.39 is 0 Å². The van der Waals surface area contributed by atoms with Crippen molar-refractivity contribution in [3.8, 4) is 0 Å². The highest BCUT2D eigenvalue weighted by molar-refractivity contribution is 5.79. The molecule has 0 spiro atoms. The average molecular weight is 338 g/mol. The fourth-order valence-electron chi connectivity index (χ4n) is 2.68. The Kier molecular flexibility index (Phi) is 9.45. The Labute approximate surface area is 147 Å². The van der Waals surface area contributed by atoms with Crippen LogP contribution in [0.2, 0.25) is 0 Å². The van der Waals surface area contributed by atoms with Crippen molar-refractivity contribution in [3.05, 3.63) is 17.5 Å². The topological polar surface area (TPSA) is 54.7 Å². The Morgan fingerprint density at radius 1 is 1.38 bits per heavy atom. The third kappa shape index (κ3) is 6.91. The summed E-state index contributed by atoms with van der Waals surface area (Å²) in [6.45, 7) is 9.85. The van der Waals surface area contributed by atoms with E-state index in [4.69, 9.17) is 9.73 Å². The predicted molar refractivity (Wildman–Crippen MR) is 100 cm³/mol. The molecule has 0 fully saturated rings. The van der Waals surface area contributed by atoms with E-state index in [-0.39, 0.29) is 0 Å². The first kappa shape index (κ1) is 20.5. The third-order valence-electron chi connectivity index (χ3n) is 3.86. The van der Waals surface area contributed by atoms with Crippen LogP contribution in [0.25, 0.3) is 0 Å². The molecule has 1 heterocycles. The molecule has 1 aromatic rings. The first-order chi connectivity index (χ1) is 11.5. The SMILES string of the molecule is CCNC(=NCCCCCOC)N(C)Cc1cn(C)nc1C(C)C. The minimum atomic E-state index is 0.426. The van der Waals surface area contributed by atoms with E-state index in [0.29, 0.717) is 5.92 Å². The molecule has 1 aromatic heterocycles. The smallest absolute Gasteiger partial charge is 0.193 e. The van der Waals surface area contributed by atoms with Crippen molar-refractivity contribution in [3.63, 3.8) is 0 Å². The van der Waals surface area contributed by atoms with Gasteiger partial charge in [0.15, 0.2) is 5.96 Å². The standard InChI is InChI=1S/C18H35N5O/c1-7-19-18(20-11-9-8-10-12-24-6)22(4)13-16-14-23(5)21-17(16)15(2)3/h14-15H,7-13H2,1-6H3,(H,19,20). The van der Waals surface area contributed by atoms with Crippen LogP contribution in [-0.2, 0) is 18.3 Å². The van der Waals surface area contributed by atoms with E-state index in [2.05, 4.69) is 49.3 Å². The normalized spacial score (nSPS) is 12.0. The zero-order valence-corrected chi connectivity index (χ0v) is 16.3. The van der Waals surface area contributed by atoms with E-state index in [9.17, 15) is 0 Å². The lowest BCUT2D eigenvalue weighted by atomic mass is 10.1. The maximum absolute atomic E-state index is 5.08. The highest BCUT2D eigenvalue weighted by atomic mass is 16.5.